The molecule has 2 heteroatoms. The summed E-state index contributed by atoms with van der Waals surface area (Å²) in [6.45, 7) is 0. The summed E-state index contributed by atoms with van der Waals surface area (Å²) in [5.74, 6) is 1.00. The summed E-state index contributed by atoms with van der Waals surface area (Å²) in [6.07, 6.45) is 5.32. The second-order valence-electron chi connectivity index (χ2n) is 2.51. The third-order valence-electron chi connectivity index (χ3n) is 1.88. The fourth-order valence-electron chi connectivity index (χ4n) is 1.37. The number of hydrogen-bond acceptors (Lipinski definition) is 1. The first kappa shape index (κ1) is 5.66. The Morgan fingerprint density at radius 1 is 1.22 bits per heavy atom. The Hall–Kier alpha value is -0.110. The fraction of sp³-hybridized carbons (Fsp3) is 0.714. The number of allylic oxidation sites excluding steroid dienone is 2. The van der Waals surface area contributed by atoms with E-state index in [1.54, 1.807) is 4.91 Å². The first-order chi connectivity index (χ1) is 4.47. The second kappa shape index (κ2) is 2.25. The molecule has 0 saturated carbocycles. The van der Waals surface area contributed by atoms with E-state index in [9.17, 15) is 0 Å². The summed E-state index contributed by atoms with van der Waals surface area (Å²) in [7, 11) is 0. The standard InChI is InChI=1S/C7H10NS/c1-2-4-7-6(3-1)8-5-9-7/h1-5H2. The number of nitrogens with zero attached hydrogens (tertiary/aromatic N) is 1. The van der Waals surface area contributed by atoms with Crippen molar-refractivity contribution in [2.24, 2.45) is 0 Å². The van der Waals surface area contributed by atoms with Crippen molar-refractivity contribution in [2.45, 2.75) is 25.7 Å². The third-order valence-corrected chi connectivity index (χ3v) is 2.93. The van der Waals surface area contributed by atoms with Crippen molar-refractivity contribution in [3.8, 4) is 0 Å². The van der Waals surface area contributed by atoms with Gasteiger partial charge in [0.15, 0.2) is 0 Å². The number of rotatable bonds is 0. The molecule has 0 saturated heterocycles. The van der Waals surface area contributed by atoms with Crippen molar-refractivity contribution in [2.75, 3.05) is 5.88 Å². The van der Waals surface area contributed by atoms with Gasteiger partial charge in [-0.15, -0.1) is 11.8 Å². The van der Waals surface area contributed by atoms with Gasteiger partial charge < -0.3 is 0 Å². The maximum absolute atomic E-state index is 4.40. The highest BCUT2D eigenvalue weighted by Crippen LogP contribution is 2.36. The summed E-state index contributed by atoms with van der Waals surface area (Å²) in [5.41, 5.74) is 1.42. The van der Waals surface area contributed by atoms with E-state index in [1.165, 1.54) is 31.4 Å². The van der Waals surface area contributed by atoms with E-state index in [1.807, 2.05) is 11.8 Å². The minimum Gasteiger partial charge on any atom is -0.278 e. The molecule has 0 spiro atoms. The molecule has 0 atom stereocenters. The zero-order valence-corrected chi connectivity index (χ0v) is 6.21. The van der Waals surface area contributed by atoms with Gasteiger partial charge in [0, 0.05) is 10.6 Å². The Bertz CT molecular complexity index is 135. The Morgan fingerprint density at radius 2 is 2.11 bits per heavy atom. The van der Waals surface area contributed by atoms with Crippen molar-refractivity contribution in [1.82, 2.24) is 5.32 Å². The van der Waals surface area contributed by atoms with Gasteiger partial charge in [0.05, 0.1) is 5.88 Å². The van der Waals surface area contributed by atoms with Crippen molar-refractivity contribution in [3.05, 3.63) is 10.6 Å². The molecule has 0 bridgehead atoms. The van der Waals surface area contributed by atoms with E-state index in [0.29, 0.717) is 0 Å². The Morgan fingerprint density at radius 3 is 3.00 bits per heavy atom. The van der Waals surface area contributed by atoms with Crippen LogP contribution in [0.25, 0.3) is 0 Å². The molecule has 1 radical (unpaired) electrons. The van der Waals surface area contributed by atoms with Gasteiger partial charge in [0.25, 0.3) is 0 Å². The predicted molar refractivity (Wildman–Crippen MR) is 40.1 cm³/mol. The normalized spacial score (nSPS) is 25.8. The molecule has 1 nitrogen and oxygen atoms in total. The molecule has 0 amide bonds. The van der Waals surface area contributed by atoms with E-state index >= 15 is 0 Å². The summed E-state index contributed by atoms with van der Waals surface area (Å²) in [6, 6.07) is 0. The van der Waals surface area contributed by atoms with Crippen LogP contribution in [0.5, 0.6) is 0 Å². The van der Waals surface area contributed by atoms with Crippen molar-refractivity contribution in [1.29, 1.82) is 0 Å². The van der Waals surface area contributed by atoms with Gasteiger partial charge in [-0.05, 0) is 25.7 Å². The minimum absolute atomic E-state index is 1.00. The molecule has 0 aromatic heterocycles. The summed E-state index contributed by atoms with van der Waals surface area (Å²) >= 11 is 1.94. The van der Waals surface area contributed by atoms with E-state index in [0.717, 1.165) is 5.88 Å². The quantitative estimate of drug-likeness (QED) is 0.502. The second-order valence-corrected chi connectivity index (χ2v) is 3.55. The van der Waals surface area contributed by atoms with Crippen molar-refractivity contribution in [3.63, 3.8) is 0 Å². The zero-order chi connectivity index (χ0) is 6.10. The van der Waals surface area contributed by atoms with Crippen molar-refractivity contribution < 1.29 is 0 Å². The molecule has 49 valence electrons. The largest absolute Gasteiger partial charge is 0.278 e. The van der Waals surface area contributed by atoms with Crippen LogP contribution in [0.15, 0.2) is 10.6 Å². The van der Waals surface area contributed by atoms with Gasteiger partial charge in [0.1, 0.15) is 0 Å². The molecule has 1 aliphatic carbocycles. The molecule has 9 heavy (non-hydrogen) atoms. The van der Waals surface area contributed by atoms with Crippen LogP contribution < -0.4 is 5.32 Å². The monoisotopic (exact) mass is 140 g/mol. The van der Waals surface area contributed by atoms with E-state index in [4.69, 9.17) is 0 Å². The lowest BCUT2D eigenvalue weighted by Crippen LogP contribution is -2.00. The molecule has 1 heterocycles. The van der Waals surface area contributed by atoms with Crippen LogP contribution in [0.2, 0.25) is 0 Å². The highest BCUT2D eigenvalue weighted by atomic mass is 32.2. The molecule has 0 unspecified atom stereocenters. The van der Waals surface area contributed by atoms with Crippen LogP contribution in [0.3, 0.4) is 0 Å². The molecular formula is C7H10NS. The van der Waals surface area contributed by atoms with Crippen LogP contribution >= 0.6 is 11.8 Å². The molecular weight excluding hydrogens is 130 g/mol. The Kier molecular flexibility index (Phi) is 1.42. The fourth-order valence-corrected chi connectivity index (χ4v) is 2.37. The lowest BCUT2D eigenvalue weighted by Gasteiger charge is -2.09. The molecule has 1 aliphatic heterocycles. The minimum atomic E-state index is 1.00. The Balaban J connectivity index is 2.17. The first-order valence-electron chi connectivity index (χ1n) is 3.49. The zero-order valence-electron chi connectivity index (χ0n) is 5.39. The van der Waals surface area contributed by atoms with Crippen molar-refractivity contribution >= 4 is 11.8 Å². The van der Waals surface area contributed by atoms with Gasteiger partial charge in [0.2, 0.25) is 0 Å². The highest BCUT2D eigenvalue weighted by molar-refractivity contribution is 8.03. The number of hydrogen-bond donors (Lipinski definition) is 0. The van der Waals surface area contributed by atoms with Crippen LogP contribution in [-0.4, -0.2) is 5.88 Å². The maximum Gasteiger partial charge on any atom is 0.0891 e. The third kappa shape index (κ3) is 0.960. The van der Waals surface area contributed by atoms with E-state index in [-0.39, 0.29) is 0 Å². The lowest BCUT2D eigenvalue weighted by molar-refractivity contribution is 0.663. The SMILES string of the molecule is C1CCC2=C(C1)[N]CS2. The topological polar surface area (TPSA) is 14.1 Å². The molecule has 0 fully saturated rings. The maximum atomic E-state index is 4.40. The van der Waals surface area contributed by atoms with Crippen LogP contribution in [-0.2, 0) is 0 Å². The lowest BCUT2D eigenvalue weighted by atomic mass is 10.1. The molecule has 2 aliphatic rings. The van der Waals surface area contributed by atoms with Gasteiger partial charge in [-0.2, -0.15) is 0 Å². The van der Waals surface area contributed by atoms with Gasteiger partial charge in [-0.3, -0.25) is 5.32 Å². The number of thioether (sulfide) groups is 1. The summed E-state index contributed by atoms with van der Waals surface area (Å²) < 4.78 is 0. The van der Waals surface area contributed by atoms with Gasteiger partial charge in [-0.25, -0.2) is 0 Å². The van der Waals surface area contributed by atoms with Crippen LogP contribution in [0.1, 0.15) is 25.7 Å². The van der Waals surface area contributed by atoms with Crippen LogP contribution in [0, 0.1) is 0 Å². The smallest absolute Gasteiger partial charge is 0.0891 e. The summed E-state index contributed by atoms with van der Waals surface area (Å²) in [4.78, 5) is 1.58. The van der Waals surface area contributed by atoms with Gasteiger partial charge >= 0.3 is 0 Å². The van der Waals surface area contributed by atoms with Gasteiger partial charge in [-0.1, -0.05) is 0 Å². The summed E-state index contributed by atoms with van der Waals surface area (Å²) in [5, 5.41) is 4.40. The highest BCUT2D eigenvalue weighted by Gasteiger charge is 2.18. The first-order valence-corrected chi connectivity index (χ1v) is 4.48. The Labute approximate surface area is 59.9 Å². The average molecular weight is 140 g/mol. The molecule has 0 aromatic carbocycles. The molecule has 0 aromatic rings. The predicted octanol–water partition coefficient (Wildman–Crippen LogP) is 2.08. The molecule has 2 rings (SSSR count). The molecule has 0 N–H and O–H groups in total. The van der Waals surface area contributed by atoms with E-state index in [2.05, 4.69) is 5.32 Å². The average Bonchev–Trinajstić information content (AvgIpc) is 2.33. The van der Waals surface area contributed by atoms with E-state index < -0.39 is 0 Å². The van der Waals surface area contributed by atoms with Crippen LogP contribution in [0.4, 0.5) is 0 Å².